The topological polar surface area (TPSA) is 74.2 Å². The SMILES string of the molecule is [C-]#[N+]c1cnc2[nH]cc(NC(=O)Nc3ccc(C(F)(F)F)cc3)c2c1. The maximum Gasteiger partial charge on any atom is 0.416 e. The molecule has 0 bridgehead atoms. The van der Waals surface area contributed by atoms with Crippen LogP contribution in [-0.4, -0.2) is 16.0 Å². The zero-order valence-corrected chi connectivity index (χ0v) is 12.5. The summed E-state index contributed by atoms with van der Waals surface area (Å²) in [6.45, 7) is 6.99. The van der Waals surface area contributed by atoms with E-state index in [-0.39, 0.29) is 5.69 Å². The predicted molar refractivity (Wildman–Crippen MR) is 86.4 cm³/mol. The number of aromatic nitrogens is 2. The van der Waals surface area contributed by atoms with Crippen LogP contribution in [0.4, 0.5) is 35.0 Å². The summed E-state index contributed by atoms with van der Waals surface area (Å²) >= 11 is 0. The number of amides is 2. The third kappa shape index (κ3) is 3.53. The van der Waals surface area contributed by atoms with E-state index in [1.54, 1.807) is 6.07 Å². The lowest BCUT2D eigenvalue weighted by Crippen LogP contribution is -2.19. The quantitative estimate of drug-likeness (QED) is 0.585. The molecule has 3 aromatic rings. The van der Waals surface area contributed by atoms with Gasteiger partial charge >= 0.3 is 12.2 Å². The van der Waals surface area contributed by atoms with Gasteiger partial charge in [-0.25, -0.2) is 9.64 Å². The van der Waals surface area contributed by atoms with Gasteiger partial charge in [-0.05, 0) is 30.3 Å². The number of benzene rings is 1. The second-order valence-corrected chi connectivity index (χ2v) is 5.06. The number of nitrogens with zero attached hydrogens (tertiary/aromatic N) is 2. The number of anilines is 2. The summed E-state index contributed by atoms with van der Waals surface area (Å²) < 4.78 is 37.5. The summed E-state index contributed by atoms with van der Waals surface area (Å²) in [5.74, 6) is 0. The molecule has 0 spiro atoms. The van der Waals surface area contributed by atoms with Crippen molar-refractivity contribution in [2.24, 2.45) is 0 Å². The fourth-order valence-electron chi connectivity index (χ4n) is 2.18. The summed E-state index contributed by atoms with van der Waals surface area (Å²) in [5, 5.41) is 5.56. The van der Waals surface area contributed by atoms with Crippen LogP contribution in [0.25, 0.3) is 15.9 Å². The smallest absolute Gasteiger partial charge is 0.344 e. The van der Waals surface area contributed by atoms with Crippen molar-refractivity contribution in [2.75, 3.05) is 10.6 Å². The number of carbonyl (C=O) groups is 1. The van der Waals surface area contributed by atoms with Crippen LogP contribution in [-0.2, 0) is 6.18 Å². The van der Waals surface area contributed by atoms with E-state index in [1.165, 1.54) is 12.4 Å². The number of pyridine rings is 1. The van der Waals surface area contributed by atoms with Crippen LogP contribution in [0, 0.1) is 6.57 Å². The second-order valence-electron chi connectivity index (χ2n) is 5.06. The standard InChI is InChI=1S/C16H10F3N5O/c1-20-11-6-12-13(8-22-14(12)21-7-11)24-15(25)23-10-4-2-9(3-5-10)16(17,18)19/h2-8H,(H,21,22)(H2,23,24,25). The summed E-state index contributed by atoms with van der Waals surface area (Å²) in [5.41, 5.74) is 0.631. The first kappa shape index (κ1) is 16.3. The Morgan fingerprint density at radius 2 is 1.92 bits per heavy atom. The number of rotatable bonds is 2. The van der Waals surface area contributed by atoms with Gasteiger partial charge < -0.3 is 15.6 Å². The third-order valence-corrected chi connectivity index (χ3v) is 3.36. The van der Waals surface area contributed by atoms with Crippen molar-refractivity contribution in [1.82, 2.24) is 9.97 Å². The van der Waals surface area contributed by atoms with Gasteiger partial charge in [0.15, 0.2) is 0 Å². The number of H-pyrrole nitrogens is 1. The highest BCUT2D eigenvalue weighted by Gasteiger charge is 2.29. The maximum absolute atomic E-state index is 12.5. The molecule has 9 heteroatoms. The van der Waals surface area contributed by atoms with E-state index in [0.29, 0.717) is 22.4 Å². The zero-order valence-electron chi connectivity index (χ0n) is 12.5. The van der Waals surface area contributed by atoms with E-state index >= 15 is 0 Å². The minimum Gasteiger partial charge on any atom is -0.344 e. The van der Waals surface area contributed by atoms with E-state index in [4.69, 9.17) is 6.57 Å². The van der Waals surface area contributed by atoms with Crippen molar-refractivity contribution >= 4 is 34.1 Å². The monoisotopic (exact) mass is 345 g/mol. The van der Waals surface area contributed by atoms with Crippen molar-refractivity contribution in [2.45, 2.75) is 6.18 Å². The van der Waals surface area contributed by atoms with Gasteiger partial charge in [0.05, 0.1) is 17.8 Å². The Bertz CT molecular complexity index is 970. The molecule has 0 radical (unpaired) electrons. The molecule has 2 aromatic heterocycles. The third-order valence-electron chi connectivity index (χ3n) is 3.36. The lowest BCUT2D eigenvalue weighted by molar-refractivity contribution is -0.137. The van der Waals surface area contributed by atoms with E-state index in [2.05, 4.69) is 25.4 Å². The molecular weight excluding hydrogens is 335 g/mol. The first-order chi connectivity index (χ1) is 11.9. The van der Waals surface area contributed by atoms with Crippen LogP contribution in [0.5, 0.6) is 0 Å². The Balaban J connectivity index is 1.74. The molecule has 0 aliphatic heterocycles. The van der Waals surface area contributed by atoms with E-state index in [1.807, 2.05) is 0 Å². The van der Waals surface area contributed by atoms with Gasteiger partial charge in [0.25, 0.3) is 0 Å². The average Bonchev–Trinajstić information content (AvgIpc) is 2.96. The Morgan fingerprint density at radius 3 is 2.56 bits per heavy atom. The molecule has 126 valence electrons. The summed E-state index contributed by atoms with van der Waals surface area (Å²) in [6, 6.07) is 5.03. The highest BCUT2D eigenvalue weighted by atomic mass is 19.4. The average molecular weight is 345 g/mol. The number of halogens is 3. The van der Waals surface area contributed by atoms with Crippen molar-refractivity contribution in [3.63, 3.8) is 0 Å². The number of aromatic amines is 1. The van der Waals surface area contributed by atoms with E-state index in [0.717, 1.165) is 24.3 Å². The summed E-state index contributed by atoms with van der Waals surface area (Å²) in [4.78, 5) is 22.2. The van der Waals surface area contributed by atoms with Crippen molar-refractivity contribution in [3.05, 3.63) is 59.7 Å². The van der Waals surface area contributed by atoms with Gasteiger partial charge in [-0.3, -0.25) is 4.98 Å². The molecule has 3 rings (SSSR count). The molecule has 0 unspecified atom stereocenters. The van der Waals surface area contributed by atoms with E-state index < -0.39 is 17.8 Å². The molecule has 25 heavy (non-hydrogen) atoms. The minimum absolute atomic E-state index is 0.213. The Labute approximate surface area is 139 Å². The van der Waals surface area contributed by atoms with Crippen LogP contribution in [0.15, 0.2) is 42.7 Å². The zero-order chi connectivity index (χ0) is 18.0. The van der Waals surface area contributed by atoms with Gasteiger partial charge in [0, 0.05) is 23.5 Å². The fraction of sp³-hybridized carbons (Fsp3) is 0.0625. The lowest BCUT2D eigenvalue weighted by Gasteiger charge is -2.09. The second kappa shape index (κ2) is 6.16. The predicted octanol–water partition coefficient (Wildman–Crippen LogP) is 4.78. The normalized spacial score (nSPS) is 11.1. The molecule has 0 atom stereocenters. The van der Waals surface area contributed by atoms with Crippen LogP contribution >= 0.6 is 0 Å². The number of nitrogens with one attached hydrogen (secondary N) is 3. The Kier molecular flexibility index (Phi) is 4.02. The first-order valence-corrected chi connectivity index (χ1v) is 6.96. The highest BCUT2D eigenvalue weighted by molar-refractivity contribution is 6.05. The number of fused-ring (bicyclic) bond motifs is 1. The molecule has 0 aliphatic rings. The van der Waals surface area contributed by atoms with Gasteiger partial charge in [0.2, 0.25) is 5.69 Å². The van der Waals surface area contributed by atoms with Crippen molar-refractivity contribution in [1.29, 1.82) is 0 Å². The fourth-order valence-corrected chi connectivity index (χ4v) is 2.18. The lowest BCUT2D eigenvalue weighted by atomic mass is 10.2. The number of alkyl halides is 3. The molecule has 0 aliphatic carbocycles. The van der Waals surface area contributed by atoms with Crippen LogP contribution < -0.4 is 10.6 Å². The van der Waals surface area contributed by atoms with Crippen molar-refractivity contribution < 1.29 is 18.0 Å². The number of urea groups is 1. The van der Waals surface area contributed by atoms with Crippen LogP contribution in [0.1, 0.15) is 5.56 Å². The largest absolute Gasteiger partial charge is 0.416 e. The molecule has 3 N–H and O–H groups in total. The van der Waals surface area contributed by atoms with Crippen LogP contribution in [0.3, 0.4) is 0 Å². The van der Waals surface area contributed by atoms with Gasteiger partial charge in [-0.1, -0.05) is 0 Å². The molecule has 0 fully saturated rings. The van der Waals surface area contributed by atoms with Gasteiger partial charge in [-0.2, -0.15) is 13.2 Å². The molecule has 2 heterocycles. The Morgan fingerprint density at radius 1 is 1.20 bits per heavy atom. The number of carbonyl (C=O) groups excluding carboxylic acids is 1. The van der Waals surface area contributed by atoms with Crippen molar-refractivity contribution in [3.8, 4) is 0 Å². The molecule has 0 saturated heterocycles. The molecule has 1 aromatic carbocycles. The highest BCUT2D eigenvalue weighted by Crippen LogP contribution is 2.30. The number of hydrogen-bond acceptors (Lipinski definition) is 2. The minimum atomic E-state index is -4.43. The van der Waals surface area contributed by atoms with Crippen LogP contribution in [0.2, 0.25) is 0 Å². The summed E-state index contributed by atoms with van der Waals surface area (Å²) in [7, 11) is 0. The molecule has 0 saturated carbocycles. The summed E-state index contributed by atoms with van der Waals surface area (Å²) in [6.07, 6.45) is -1.52. The van der Waals surface area contributed by atoms with Gasteiger partial charge in [-0.15, -0.1) is 0 Å². The van der Waals surface area contributed by atoms with Gasteiger partial charge in [0.1, 0.15) is 5.65 Å². The molecule has 6 nitrogen and oxygen atoms in total. The molecular formula is C16H10F3N5O. The number of hydrogen-bond donors (Lipinski definition) is 3. The molecule has 2 amide bonds. The maximum atomic E-state index is 12.5. The Hall–Kier alpha value is -3.54. The first-order valence-electron chi connectivity index (χ1n) is 6.96. The van der Waals surface area contributed by atoms with E-state index in [9.17, 15) is 18.0 Å².